The Bertz CT molecular complexity index is 792. The maximum atomic E-state index is 13.8. The van der Waals surface area contributed by atoms with Crippen LogP contribution in [0.3, 0.4) is 0 Å². The number of likely N-dealkylation sites (tertiary alicyclic amines) is 1. The zero-order valence-corrected chi connectivity index (χ0v) is 14.3. The van der Waals surface area contributed by atoms with Crippen molar-refractivity contribution >= 4 is 11.8 Å². The quantitative estimate of drug-likeness (QED) is 0.808. The Balaban J connectivity index is 1.55. The number of primary amides is 1. The Morgan fingerprint density at radius 2 is 2.19 bits per heavy atom. The van der Waals surface area contributed by atoms with Gasteiger partial charge in [0.25, 0.3) is 0 Å². The van der Waals surface area contributed by atoms with Crippen molar-refractivity contribution in [3.63, 3.8) is 0 Å². The van der Waals surface area contributed by atoms with Crippen molar-refractivity contribution in [1.29, 1.82) is 0 Å². The van der Waals surface area contributed by atoms with E-state index in [1.165, 1.54) is 6.07 Å². The maximum Gasteiger partial charge on any atom is 0.231 e. The lowest BCUT2D eigenvalue weighted by Crippen LogP contribution is -2.45. The second-order valence-corrected chi connectivity index (χ2v) is 6.42. The molecule has 1 fully saturated rings. The summed E-state index contributed by atoms with van der Waals surface area (Å²) in [6.07, 6.45) is 1.60. The number of halogens is 1. The lowest BCUT2D eigenvalue weighted by molar-refractivity contribution is -0.128. The van der Waals surface area contributed by atoms with Gasteiger partial charge in [-0.1, -0.05) is 17.3 Å². The molecule has 0 radical (unpaired) electrons. The molecule has 8 heteroatoms. The van der Waals surface area contributed by atoms with E-state index in [1.807, 2.05) is 4.90 Å². The molecule has 3 rings (SSSR count). The Morgan fingerprint density at radius 1 is 1.38 bits per heavy atom. The molecule has 26 heavy (non-hydrogen) atoms. The smallest absolute Gasteiger partial charge is 0.231 e. The summed E-state index contributed by atoms with van der Waals surface area (Å²) in [5.74, 6) is -0.636. The summed E-state index contributed by atoms with van der Waals surface area (Å²) in [6.45, 7) is 1.61. The van der Waals surface area contributed by atoms with Gasteiger partial charge in [-0.05, 0) is 31.5 Å². The molecule has 1 aliphatic heterocycles. The number of amides is 2. The first-order valence-corrected chi connectivity index (χ1v) is 8.52. The van der Waals surface area contributed by atoms with Gasteiger partial charge in [0.05, 0.1) is 19.0 Å². The fraction of sp³-hybridized carbons (Fsp3) is 0.389. The monoisotopic (exact) mass is 360 g/mol. The van der Waals surface area contributed by atoms with E-state index in [9.17, 15) is 14.0 Å². The van der Waals surface area contributed by atoms with Crippen molar-refractivity contribution in [3.8, 4) is 11.3 Å². The summed E-state index contributed by atoms with van der Waals surface area (Å²) in [6, 6.07) is 7.90. The molecular weight excluding hydrogens is 339 g/mol. The van der Waals surface area contributed by atoms with Gasteiger partial charge in [-0.15, -0.1) is 0 Å². The van der Waals surface area contributed by atoms with Crippen molar-refractivity contribution in [2.75, 3.05) is 19.6 Å². The fourth-order valence-corrected chi connectivity index (χ4v) is 3.14. The minimum absolute atomic E-state index is 0.108. The predicted octanol–water partition coefficient (Wildman–Crippen LogP) is 1.29. The molecule has 1 aliphatic rings. The van der Waals surface area contributed by atoms with Crippen LogP contribution < -0.4 is 11.1 Å². The van der Waals surface area contributed by atoms with Gasteiger partial charge in [-0.3, -0.25) is 14.5 Å². The number of hydrogen-bond acceptors (Lipinski definition) is 5. The average Bonchev–Trinajstić information content (AvgIpc) is 3.08. The van der Waals surface area contributed by atoms with Gasteiger partial charge in [-0.25, -0.2) is 4.39 Å². The third kappa shape index (κ3) is 4.45. The molecule has 1 aromatic heterocycles. The second-order valence-electron chi connectivity index (χ2n) is 6.42. The largest absolute Gasteiger partial charge is 0.369 e. The standard InChI is InChI=1S/C18H21FN4O3/c19-15-6-2-1-5-14(15)16-8-13(26-22-16)9-21-18(25)12-4-3-7-23(10-12)11-17(20)24/h1-2,5-6,8,12H,3-4,7,9-11H2,(H2,20,24)(H,21,25). The number of carbonyl (C=O) groups excluding carboxylic acids is 2. The highest BCUT2D eigenvalue weighted by Crippen LogP contribution is 2.22. The molecule has 0 aliphatic carbocycles. The predicted molar refractivity (Wildman–Crippen MR) is 92.1 cm³/mol. The van der Waals surface area contributed by atoms with Crippen LogP contribution in [0.4, 0.5) is 4.39 Å². The molecule has 3 N–H and O–H groups in total. The number of piperidine rings is 1. The first-order valence-electron chi connectivity index (χ1n) is 8.52. The van der Waals surface area contributed by atoms with E-state index in [1.54, 1.807) is 24.3 Å². The van der Waals surface area contributed by atoms with Crippen molar-refractivity contribution in [2.45, 2.75) is 19.4 Å². The minimum atomic E-state index is -0.395. The molecule has 0 spiro atoms. The summed E-state index contributed by atoms with van der Waals surface area (Å²) >= 11 is 0. The highest BCUT2D eigenvalue weighted by atomic mass is 19.1. The van der Waals surface area contributed by atoms with Crippen LogP contribution in [0.1, 0.15) is 18.6 Å². The van der Waals surface area contributed by atoms with Crippen LogP contribution >= 0.6 is 0 Å². The van der Waals surface area contributed by atoms with Gasteiger partial charge in [0, 0.05) is 18.2 Å². The molecule has 7 nitrogen and oxygen atoms in total. The van der Waals surface area contributed by atoms with E-state index in [4.69, 9.17) is 10.3 Å². The number of nitrogens with two attached hydrogens (primary N) is 1. The van der Waals surface area contributed by atoms with Crippen LogP contribution in [0, 0.1) is 11.7 Å². The lowest BCUT2D eigenvalue weighted by atomic mass is 9.97. The number of rotatable bonds is 6. The normalized spacial score (nSPS) is 17.8. The summed E-state index contributed by atoms with van der Waals surface area (Å²) < 4.78 is 19.0. The van der Waals surface area contributed by atoms with Crippen molar-refractivity contribution < 1.29 is 18.5 Å². The van der Waals surface area contributed by atoms with E-state index in [-0.39, 0.29) is 30.7 Å². The van der Waals surface area contributed by atoms with Crippen molar-refractivity contribution in [2.24, 2.45) is 11.7 Å². The Hall–Kier alpha value is -2.74. The van der Waals surface area contributed by atoms with Gasteiger partial charge >= 0.3 is 0 Å². The lowest BCUT2D eigenvalue weighted by Gasteiger charge is -2.30. The molecule has 138 valence electrons. The third-order valence-corrected chi connectivity index (χ3v) is 4.40. The SMILES string of the molecule is NC(=O)CN1CCCC(C(=O)NCc2cc(-c3ccccc3F)no2)C1. The van der Waals surface area contributed by atoms with Crippen LogP contribution in [0.2, 0.25) is 0 Å². The van der Waals surface area contributed by atoms with Crippen LogP contribution in [0.15, 0.2) is 34.9 Å². The molecule has 2 aromatic rings. The Morgan fingerprint density at radius 3 is 2.96 bits per heavy atom. The zero-order valence-electron chi connectivity index (χ0n) is 14.3. The molecule has 0 bridgehead atoms. The maximum absolute atomic E-state index is 13.8. The highest BCUT2D eigenvalue weighted by molar-refractivity contribution is 5.79. The minimum Gasteiger partial charge on any atom is -0.369 e. The first kappa shape index (κ1) is 18.1. The molecule has 1 atom stereocenters. The van der Waals surface area contributed by atoms with Gasteiger partial charge < -0.3 is 15.6 Å². The first-order chi connectivity index (χ1) is 12.5. The number of nitrogens with one attached hydrogen (secondary N) is 1. The van der Waals surface area contributed by atoms with Crippen molar-refractivity contribution in [1.82, 2.24) is 15.4 Å². The van der Waals surface area contributed by atoms with E-state index in [0.29, 0.717) is 23.6 Å². The zero-order chi connectivity index (χ0) is 18.5. The van der Waals surface area contributed by atoms with Gasteiger partial charge in [0.2, 0.25) is 11.8 Å². The van der Waals surface area contributed by atoms with E-state index in [0.717, 1.165) is 19.4 Å². The van der Waals surface area contributed by atoms with Crippen molar-refractivity contribution in [3.05, 3.63) is 41.9 Å². The number of benzene rings is 1. The van der Waals surface area contributed by atoms with Crippen LogP contribution in [0.25, 0.3) is 11.3 Å². The summed E-state index contributed by atoms with van der Waals surface area (Å²) in [5, 5.41) is 6.67. The van der Waals surface area contributed by atoms with E-state index >= 15 is 0 Å². The van der Waals surface area contributed by atoms with E-state index in [2.05, 4.69) is 10.5 Å². The highest BCUT2D eigenvalue weighted by Gasteiger charge is 2.26. The summed E-state index contributed by atoms with van der Waals surface area (Å²) in [4.78, 5) is 25.3. The van der Waals surface area contributed by atoms with Gasteiger partial charge in [0.1, 0.15) is 11.5 Å². The fourth-order valence-electron chi connectivity index (χ4n) is 3.14. The number of nitrogens with zero attached hydrogens (tertiary/aromatic N) is 2. The summed E-state index contributed by atoms with van der Waals surface area (Å²) in [7, 11) is 0. The average molecular weight is 360 g/mol. The molecule has 1 saturated heterocycles. The number of hydrogen-bond donors (Lipinski definition) is 2. The van der Waals surface area contributed by atoms with Gasteiger partial charge in [0.15, 0.2) is 5.76 Å². The molecule has 2 heterocycles. The summed E-state index contributed by atoms with van der Waals surface area (Å²) in [5.41, 5.74) is 5.95. The third-order valence-electron chi connectivity index (χ3n) is 4.40. The molecular formula is C18H21FN4O3. The second kappa shape index (κ2) is 8.09. The molecule has 1 aromatic carbocycles. The molecule has 0 saturated carbocycles. The van der Waals surface area contributed by atoms with Gasteiger partial charge in [-0.2, -0.15) is 0 Å². The molecule has 2 amide bonds. The molecule has 1 unspecified atom stereocenters. The Kier molecular flexibility index (Phi) is 5.62. The Labute approximate surface area is 150 Å². The van der Waals surface area contributed by atoms with Crippen LogP contribution in [0.5, 0.6) is 0 Å². The van der Waals surface area contributed by atoms with Crippen LogP contribution in [-0.4, -0.2) is 41.5 Å². The number of aromatic nitrogens is 1. The number of carbonyl (C=O) groups is 2. The topological polar surface area (TPSA) is 101 Å². The van der Waals surface area contributed by atoms with E-state index < -0.39 is 5.91 Å². The van der Waals surface area contributed by atoms with Crippen LogP contribution in [-0.2, 0) is 16.1 Å².